The molecule has 3 aromatic rings. The Morgan fingerprint density at radius 2 is 1.93 bits per heavy atom. The van der Waals surface area contributed by atoms with Gasteiger partial charge in [0.2, 0.25) is 0 Å². The summed E-state index contributed by atoms with van der Waals surface area (Å²) in [6.45, 7) is 8.72. The molecule has 0 bridgehead atoms. The van der Waals surface area contributed by atoms with Crippen molar-refractivity contribution in [2.24, 2.45) is 0 Å². The van der Waals surface area contributed by atoms with E-state index in [-0.39, 0.29) is 23.8 Å². The first-order chi connectivity index (χ1) is 19.3. The van der Waals surface area contributed by atoms with Crippen molar-refractivity contribution in [1.82, 2.24) is 24.6 Å². The number of hydrogen-bond donors (Lipinski definition) is 2. The van der Waals surface area contributed by atoms with E-state index in [1.807, 2.05) is 23.9 Å². The van der Waals surface area contributed by atoms with Crippen LogP contribution in [0.3, 0.4) is 0 Å². The monoisotopic (exact) mass is 549 g/mol. The normalized spacial score (nSPS) is 26.4. The van der Waals surface area contributed by atoms with Crippen LogP contribution in [0.4, 0.5) is 11.5 Å². The van der Waals surface area contributed by atoms with Gasteiger partial charge in [-0.15, -0.1) is 0 Å². The fourth-order valence-electron chi connectivity index (χ4n) is 5.94. The van der Waals surface area contributed by atoms with E-state index in [4.69, 9.17) is 24.9 Å². The summed E-state index contributed by atoms with van der Waals surface area (Å²) in [5.41, 5.74) is 8.32. The summed E-state index contributed by atoms with van der Waals surface area (Å²) in [4.78, 5) is 13.8. The SMILES string of the molecule is C[C@@H]1COCCN1c1cc(-c2cnc(N)c(Oc3cnn(C4CCN(C)CC4)c3)n2)cc([C@]2(O)CCO[C@H]2C)c1. The standard InChI is InChI=1S/C29H39N7O4/c1-19-18-38-11-9-35(19)24-13-21(12-22(14-24)29(37)6-10-39-20(29)2)26-16-31-27(30)28(33-26)40-25-15-32-36(17-25)23-4-7-34(3)8-5-23/h12-17,19-20,23,37H,4-11,18H2,1-3H3,(H2,30,31)/t19-,20+,29+/m1/s1. The molecule has 0 spiro atoms. The third-order valence-electron chi connectivity index (χ3n) is 8.56. The van der Waals surface area contributed by atoms with Gasteiger partial charge in [-0.05, 0) is 70.6 Å². The minimum atomic E-state index is -1.09. The Labute approximate surface area is 234 Å². The summed E-state index contributed by atoms with van der Waals surface area (Å²) in [5.74, 6) is 0.994. The van der Waals surface area contributed by atoms with Crippen LogP contribution in [0, 0.1) is 0 Å². The number of anilines is 2. The van der Waals surface area contributed by atoms with Gasteiger partial charge in [0.05, 0.1) is 56.3 Å². The topological polar surface area (TPSA) is 124 Å². The second-order valence-corrected chi connectivity index (χ2v) is 11.3. The molecule has 3 aliphatic heterocycles. The zero-order valence-electron chi connectivity index (χ0n) is 23.5. The number of nitrogen functional groups attached to an aromatic ring is 1. The molecule has 3 N–H and O–H groups in total. The van der Waals surface area contributed by atoms with Gasteiger partial charge in [-0.25, -0.2) is 9.97 Å². The first-order valence-corrected chi connectivity index (χ1v) is 14.2. The van der Waals surface area contributed by atoms with E-state index in [1.54, 1.807) is 12.4 Å². The predicted molar refractivity (Wildman–Crippen MR) is 152 cm³/mol. The molecule has 214 valence electrons. The number of aromatic nitrogens is 4. The lowest BCUT2D eigenvalue weighted by Crippen LogP contribution is -2.44. The number of likely N-dealkylation sites (tertiary alicyclic amines) is 1. The smallest absolute Gasteiger partial charge is 0.263 e. The molecule has 40 heavy (non-hydrogen) atoms. The number of nitrogens with two attached hydrogens (primary N) is 1. The van der Waals surface area contributed by atoms with Crippen LogP contribution in [0.15, 0.2) is 36.8 Å². The molecule has 1 aromatic carbocycles. The van der Waals surface area contributed by atoms with Gasteiger partial charge in [-0.3, -0.25) is 4.68 Å². The quantitative estimate of drug-likeness (QED) is 0.474. The molecule has 2 aromatic heterocycles. The Kier molecular flexibility index (Phi) is 7.39. The second-order valence-electron chi connectivity index (χ2n) is 11.3. The van der Waals surface area contributed by atoms with Gasteiger partial charge in [0.1, 0.15) is 5.60 Å². The first kappa shape index (κ1) is 26.9. The van der Waals surface area contributed by atoms with Crippen molar-refractivity contribution in [3.8, 4) is 22.9 Å². The summed E-state index contributed by atoms with van der Waals surface area (Å²) >= 11 is 0. The van der Waals surface area contributed by atoms with Crippen LogP contribution in [0.5, 0.6) is 11.6 Å². The van der Waals surface area contributed by atoms with Gasteiger partial charge in [0.25, 0.3) is 5.88 Å². The number of piperidine rings is 1. The van der Waals surface area contributed by atoms with Gasteiger partial charge < -0.3 is 34.9 Å². The van der Waals surface area contributed by atoms with E-state index in [1.165, 1.54) is 0 Å². The van der Waals surface area contributed by atoms with Crippen LogP contribution in [-0.2, 0) is 15.1 Å². The molecule has 0 radical (unpaired) electrons. The van der Waals surface area contributed by atoms with Gasteiger partial charge in [0, 0.05) is 30.3 Å². The molecule has 3 aliphatic rings. The van der Waals surface area contributed by atoms with Gasteiger partial charge >= 0.3 is 0 Å². The molecule has 0 aliphatic carbocycles. The fraction of sp³-hybridized carbons (Fsp3) is 0.552. The average molecular weight is 550 g/mol. The average Bonchev–Trinajstić information content (AvgIpc) is 3.57. The molecule has 11 nitrogen and oxygen atoms in total. The van der Waals surface area contributed by atoms with Crippen molar-refractivity contribution in [2.45, 2.75) is 56.9 Å². The van der Waals surface area contributed by atoms with Crippen LogP contribution in [0.25, 0.3) is 11.3 Å². The summed E-state index contributed by atoms with van der Waals surface area (Å²) < 4.78 is 19.5. The predicted octanol–water partition coefficient (Wildman–Crippen LogP) is 3.20. The van der Waals surface area contributed by atoms with E-state index < -0.39 is 5.60 Å². The van der Waals surface area contributed by atoms with E-state index in [0.29, 0.717) is 43.7 Å². The molecule has 6 rings (SSSR count). The maximum atomic E-state index is 11.6. The maximum Gasteiger partial charge on any atom is 0.263 e. The molecule has 11 heteroatoms. The van der Waals surface area contributed by atoms with Crippen molar-refractivity contribution in [3.63, 3.8) is 0 Å². The number of ether oxygens (including phenoxy) is 3. The number of rotatable bonds is 6. The summed E-state index contributed by atoms with van der Waals surface area (Å²) in [6, 6.07) is 6.66. The lowest BCUT2D eigenvalue weighted by molar-refractivity contribution is -0.0316. The van der Waals surface area contributed by atoms with Crippen LogP contribution in [0.1, 0.15) is 44.7 Å². The van der Waals surface area contributed by atoms with Crippen molar-refractivity contribution < 1.29 is 19.3 Å². The number of benzene rings is 1. The third kappa shape index (κ3) is 5.26. The third-order valence-corrected chi connectivity index (χ3v) is 8.56. The highest BCUT2D eigenvalue weighted by Crippen LogP contribution is 2.40. The van der Waals surface area contributed by atoms with E-state index in [2.05, 4.69) is 46.0 Å². The van der Waals surface area contributed by atoms with Crippen molar-refractivity contribution in [3.05, 3.63) is 42.4 Å². The van der Waals surface area contributed by atoms with Crippen molar-refractivity contribution >= 4 is 11.5 Å². The van der Waals surface area contributed by atoms with Crippen LogP contribution >= 0.6 is 0 Å². The highest BCUT2D eigenvalue weighted by atomic mass is 16.5. The number of nitrogens with zero attached hydrogens (tertiary/aromatic N) is 6. The molecule has 3 atom stereocenters. The largest absolute Gasteiger partial charge is 0.433 e. The zero-order valence-corrected chi connectivity index (χ0v) is 23.5. The van der Waals surface area contributed by atoms with Crippen molar-refractivity contribution in [1.29, 1.82) is 0 Å². The zero-order chi connectivity index (χ0) is 27.9. The Balaban J connectivity index is 1.32. The Hall–Kier alpha value is -3.25. The summed E-state index contributed by atoms with van der Waals surface area (Å²) in [7, 11) is 2.14. The summed E-state index contributed by atoms with van der Waals surface area (Å²) in [6.07, 6.45) is 7.54. The molecular formula is C29H39N7O4. The lowest BCUT2D eigenvalue weighted by atomic mass is 9.86. The number of morpholine rings is 1. The highest BCUT2D eigenvalue weighted by molar-refractivity contribution is 5.69. The highest BCUT2D eigenvalue weighted by Gasteiger charge is 2.42. The van der Waals surface area contributed by atoms with E-state index in [0.717, 1.165) is 49.3 Å². The molecular weight excluding hydrogens is 510 g/mol. The molecule has 0 saturated carbocycles. The molecule has 0 amide bonds. The number of aliphatic hydroxyl groups is 1. The Morgan fingerprint density at radius 1 is 1.10 bits per heavy atom. The van der Waals surface area contributed by atoms with E-state index >= 15 is 0 Å². The maximum absolute atomic E-state index is 11.6. The molecule has 3 saturated heterocycles. The van der Waals surface area contributed by atoms with Crippen LogP contribution in [0.2, 0.25) is 0 Å². The molecule has 5 heterocycles. The van der Waals surface area contributed by atoms with Crippen molar-refractivity contribution in [2.75, 3.05) is 57.1 Å². The number of hydrogen-bond acceptors (Lipinski definition) is 10. The first-order valence-electron chi connectivity index (χ1n) is 14.2. The van der Waals surface area contributed by atoms with Gasteiger partial charge in [-0.1, -0.05) is 0 Å². The fourth-order valence-corrected chi connectivity index (χ4v) is 5.94. The Morgan fingerprint density at radius 3 is 2.67 bits per heavy atom. The van der Waals surface area contributed by atoms with Crippen LogP contribution in [-0.4, -0.2) is 88.4 Å². The Bertz CT molecular complexity index is 1340. The molecule has 3 fully saturated rings. The van der Waals surface area contributed by atoms with Crippen LogP contribution < -0.4 is 15.4 Å². The minimum absolute atomic E-state index is 0.196. The second kappa shape index (κ2) is 11.0. The summed E-state index contributed by atoms with van der Waals surface area (Å²) in [5, 5.41) is 16.2. The molecule has 0 unspecified atom stereocenters. The lowest BCUT2D eigenvalue weighted by Gasteiger charge is -2.36. The van der Waals surface area contributed by atoms with Gasteiger partial charge in [-0.2, -0.15) is 5.10 Å². The minimum Gasteiger partial charge on any atom is -0.433 e. The van der Waals surface area contributed by atoms with Gasteiger partial charge in [0.15, 0.2) is 11.6 Å². The van der Waals surface area contributed by atoms with E-state index in [9.17, 15) is 5.11 Å².